The predicted octanol–water partition coefficient (Wildman–Crippen LogP) is 20.2. The summed E-state index contributed by atoms with van der Waals surface area (Å²) in [5.41, 5.74) is 0. The van der Waals surface area contributed by atoms with E-state index < -0.39 is 6.10 Å². The number of ether oxygens (including phenoxy) is 3. The van der Waals surface area contributed by atoms with Crippen LogP contribution in [0.15, 0.2) is 72.9 Å². The van der Waals surface area contributed by atoms with Crippen LogP contribution in [0.3, 0.4) is 0 Å². The molecule has 0 aromatic heterocycles. The first-order valence-corrected chi connectivity index (χ1v) is 29.5. The molecule has 1 atom stereocenters. The van der Waals surface area contributed by atoms with Crippen molar-refractivity contribution in [1.29, 1.82) is 0 Å². The number of esters is 2. The van der Waals surface area contributed by atoms with Crippen molar-refractivity contribution < 1.29 is 23.8 Å². The third kappa shape index (κ3) is 55.9. The first-order valence-electron chi connectivity index (χ1n) is 29.5. The second kappa shape index (κ2) is 58.7. The second-order valence-electron chi connectivity index (χ2n) is 19.5. The minimum Gasteiger partial charge on any atom is -0.462 e. The molecule has 5 nitrogen and oxygen atoms in total. The molecule has 0 aliphatic carbocycles. The molecule has 0 aliphatic heterocycles. The van der Waals surface area contributed by atoms with Crippen LogP contribution in [0.5, 0.6) is 0 Å². The highest BCUT2D eigenvalue weighted by Gasteiger charge is 2.17. The van der Waals surface area contributed by atoms with Gasteiger partial charge in [0.2, 0.25) is 0 Å². The molecule has 1 unspecified atom stereocenters. The van der Waals surface area contributed by atoms with Crippen molar-refractivity contribution in [2.24, 2.45) is 0 Å². The molecule has 0 heterocycles. The molecule has 0 saturated carbocycles. The van der Waals surface area contributed by atoms with Crippen molar-refractivity contribution in [3.05, 3.63) is 72.9 Å². The Kier molecular flexibility index (Phi) is 56.4. The monoisotopic (exact) mass is 949 g/mol. The van der Waals surface area contributed by atoms with Crippen LogP contribution in [0.2, 0.25) is 0 Å². The highest BCUT2D eigenvalue weighted by molar-refractivity contribution is 5.71. The summed E-state index contributed by atoms with van der Waals surface area (Å²) in [7, 11) is 0. The molecular weight excluding hydrogens is 837 g/mol. The molecule has 0 aliphatic rings. The Hall–Kier alpha value is -2.66. The molecule has 394 valence electrons. The smallest absolute Gasteiger partial charge is 0.310 e. The number of allylic oxidation sites excluding steroid dienone is 11. The van der Waals surface area contributed by atoms with Crippen molar-refractivity contribution in [3.63, 3.8) is 0 Å². The highest BCUT2D eigenvalue weighted by atomic mass is 16.6. The fourth-order valence-electron chi connectivity index (χ4n) is 8.41. The van der Waals surface area contributed by atoms with E-state index in [-0.39, 0.29) is 31.6 Å². The van der Waals surface area contributed by atoms with Gasteiger partial charge in [-0.25, -0.2) is 0 Å². The number of hydrogen-bond donors (Lipinski definition) is 0. The molecule has 0 saturated heterocycles. The summed E-state index contributed by atoms with van der Waals surface area (Å²) in [6, 6.07) is 0. The molecule has 5 heteroatoms. The maximum atomic E-state index is 12.8. The Morgan fingerprint density at radius 1 is 0.353 bits per heavy atom. The standard InChI is InChI=1S/C63H112O5/c1-4-7-10-13-16-19-22-25-28-30-31-32-34-37-40-43-46-49-52-55-58-66-59-61(68-63(65)57-54-51-48-45-42-39-35-27-24-21-18-15-12-9-6-3)60-67-62(64)56-53-50-47-44-41-38-36-33-29-26-23-20-17-14-11-8-5-2/h9,12,18,21,26-27,29,35,42,45,51,54,61H,4-8,10-11,13-17,19-20,22-25,28,30-34,36-41,43-44,46-50,52-53,55-60H2,1-3H3/b12-9-,21-18-,29-26-,35-27-,45-42-,54-51-. The first kappa shape index (κ1) is 65.3. The number of carbonyl (C=O) groups excluding carboxylic acids is 2. The molecular formula is C63H112O5. The van der Waals surface area contributed by atoms with Crippen molar-refractivity contribution in [1.82, 2.24) is 0 Å². The molecule has 0 spiro atoms. The van der Waals surface area contributed by atoms with E-state index >= 15 is 0 Å². The van der Waals surface area contributed by atoms with Crippen LogP contribution in [0.1, 0.15) is 290 Å². The lowest BCUT2D eigenvalue weighted by Gasteiger charge is -2.18. The van der Waals surface area contributed by atoms with Gasteiger partial charge in [-0.2, -0.15) is 0 Å². The number of rotatable bonds is 54. The summed E-state index contributed by atoms with van der Waals surface area (Å²) in [5, 5.41) is 0. The van der Waals surface area contributed by atoms with E-state index in [9.17, 15) is 9.59 Å². The zero-order valence-electron chi connectivity index (χ0n) is 45.4. The third-order valence-corrected chi connectivity index (χ3v) is 12.8. The number of hydrogen-bond acceptors (Lipinski definition) is 5. The minimum absolute atomic E-state index is 0.0445. The first-order chi connectivity index (χ1) is 33.6. The maximum Gasteiger partial charge on any atom is 0.310 e. The van der Waals surface area contributed by atoms with Gasteiger partial charge in [0, 0.05) is 13.0 Å². The average molecular weight is 950 g/mol. The van der Waals surface area contributed by atoms with Crippen molar-refractivity contribution in [3.8, 4) is 0 Å². The van der Waals surface area contributed by atoms with Gasteiger partial charge in [0.15, 0.2) is 6.10 Å². The Bertz CT molecular complexity index is 1210. The highest BCUT2D eigenvalue weighted by Crippen LogP contribution is 2.16. The van der Waals surface area contributed by atoms with E-state index in [1.54, 1.807) is 0 Å². The molecule has 0 radical (unpaired) electrons. The quantitative estimate of drug-likeness (QED) is 0.0345. The van der Waals surface area contributed by atoms with E-state index in [2.05, 4.69) is 81.5 Å². The van der Waals surface area contributed by atoms with Gasteiger partial charge in [0.1, 0.15) is 6.61 Å². The van der Waals surface area contributed by atoms with Gasteiger partial charge in [-0.15, -0.1) is 0 Å². The summed E-state index contributed by atoms with van der Waals surface area (Å²) in [6.07, 6.45) is 76.7. The van der Waals surface area contributed by atoms with Crippen LogP contribution in [-0.4, -0.2) is 37.9 Å². The molecule has 0 N–H and O–H groups in total. The zero-order valence-corrected chi connectivity index (χ0v) is 45.4. The molecule has 68 heavy (non-hydrogen) atoms. The molecule has 0 rings (SSSR count). The zero-order chi connectivity index (χ0) is 49.2. The summed E-state index contributed by atoms with van der Waals surface area (Å²) < 4.78 is 17.4. The Balaban J connectivity index is 4.32. The van der Waals surface area contributed by atoms with Crippen LogP contribution >= 0.6 is 0 Å². The van der Waals surface area contributed by atoms with E-state index in [1.807, 2.05) is 12.2 Å². The molecule has 0 aromatic carbocycles. The summed E-state index contributed by atoms with van der Waals surface area (Å²) in [5.74, 6) is -0.537. The predicted molar refractivity (Wildman–Crippen MR) is 297 cm³/mol. The van der Waals surface area contributed by atoms with Crippen LogP contribution in [0.25, 0.3) is 0 Å². The van der Waals surface area contributed by atoms with Crippen LogP contribution in [0, 0.1) is 0 Å². The Morgan fingerprint density at radius 3 is 1.12 bits per heavy atom. The van der Waals surface area contributed by atoms with Gasteiger partial charge < -0.3 is 14.2 Å². The SMILES string of the molecule is CC/C=C\C/C=C\C/C=C\C/C=C\C/C=C\CC(=O)OC(COCCCCCCCCCCCCCCCCCCCCCC)COC(=O)CCCCCCCCC/C=C\CCCCCCCC. The van der Waals surface area contributed by atoms with Crippen molar-refractivity contribution in [2.45, 2.75) is 297 Å². The van der Waals surface area contributed by atoms with Gasteiger partial charge in [0.25, 0.3) is 0 Å². The second-order valence-corrected chi connectivity index (χ2v) is 19.5. The topological polar surface area (TPSA) is 61.8 Å². The largest absolute Gasteiger partial charge is 0.462 e. The van der Waals surface area contributed by atoms with Crippen LogP contribution in [-0.2, 0) is 23.8 Å². The van der Waals surface area contributed by atoms with E-state index in [4.69, 9.17) is 14.2 Å². The van der Waals surface area contributed by atoms with Gasteiger partial charge in [-0.3, -0.25) is 9.59 Å². The van der Waals surface area contributed by atoms with Gasteiger partial charge in [-0.05, 0) is 70.6 Å². The van der Waals surface area contributed by atoms with Gasteiger partial charge in [-0.1, -0.05) is 280 Å². The Labute approximate surface area is 423 Å². The molecule has 0 bridgehead atoms. The minimum atomic E-state index is -0.593. The summed E-state index contributed by atoms with van der Waals surface area (Å²) in [4.78, 5) is 25.4. The number of carbonyl (C=O) groups is 2. The van der Waals surface area contributed by atoms with Crippen LogP contribution in [0.4, 0.5) is 0 Å². The summed E-state index contributed by atoms with van der Waals surface area (Å²) in [6.45, 7) is 7.64. The number of unbranched alkanes of at least 4 members (excludes halogenated alkanes) is 32. The molecule has 0 amide bonds. The third-order valence-electron chi connectivity index (χ3n) is 12.8. The fourth-order valence-corrected chi connectivity index (χ4v) is 8.41. The van der Waals surface area contributed by atoms with Gasteiger partial charge >= 0.3 is 11.9 Å². The average Bonchev–Trinajstić information content (AvgIpc) is 3.34. The van der Waals surface area contributed by atoms with Crippen molar-refractivity contribution >= 4 is 11.9 Å². The Morgan fingerprint density at radius 2 is 0.706 bits per heavy atom. The van der Waals surface area contributed by atoms with E-state index in [1.165, 1.54) is 193 Å². The van der Waals surface area contributed by atoms with E-state index in [0.29, 0.717) is 13.0 Å². The fraction of sp³-hybridized carbons (Fsp3) is 0.778. The van der Waals surface area contributed by atoms with Crippen molar-refractivity contribution in [2.75, 3.05) is 19.8 Å². The molecule has 0 fully saturated rings. The lowest BCUT2D eigenvalue weighted by molar-refractivity contribution is -0.162. The lowest BCUT2D eigenvalue weighted by atomic mass is 10.0. The van der Waals surface area contributed by atoms with E-state index in [0.717, 1.165) is 64.2 Å². The maximum absolute atomic E-state index is 12.8. The van der Waals surface area contributed by atoms with Gasteiger partial charge in [0.05, 0.1) is 13.0 Å². The lowest BCUT2D eigenvalue weighted by Crippen LogP contribution is -2.29. The summed E-state index contributed by atoms with van der Waals surface area (Å²) >= 11 is 0. The van der Waals surface area contributed by atoms with Crippen LogP contribution < -0.4 is 0 Å². The molecule has 0 aromatic rings. The normalized spacial score (nSPS) is 12.7.